The van der Waals surface area contributed by atoms with E-state index in [1.54, 1.807) is 30.1 Å². The number of likely N-dealkylation sites (tertiary alicyclic amines) is 1. The molecular formula is C30H33F3N2O3. The van der Waals surface area contributed by atoms with Gasteiger partial charge in [0.15, 0.2) is 0 Å². The van der Waals surface area contributed by atoms with Crippen molar-refractivity contribution in [3.8, 4) is 17.6 Å². The minimum Gasteiger partial charge on any atom is -0.508 e. The number of nitrogens with zero attached hydrogens (tertiary/aromatic N) is 2. The summed E-state index contributed by atoms with van der Waals surface area (Å²) < 4.78 is 38.4. The molecule has 2 N–H and O–H groups in total. The number of amides is 1. The second kappa shape index (κ2) is 9.94. The van der Waals surface area contributed by atoms with Gasteiger partial charge in [-0.1, -0.05) is 18.1 Å². The predicted molar refractivity (Wildman–Crippen MR) is 137 cm³/mol. The van der Waals surface area contributed by atoms with Crippen molar-refractivity contribution in [1.29, 1.82) is 0 Å². The summed E-state index contributed by atoms with van der Waals surface area (Å²) in [6.45, 7) is 2.41. The Bertz CT molecular complexity index is 1250. The molecule has 1 saturated heterocycles. The molecule has 5 nitrogen and oxygen atoms in total. The molecular weight excluding hydrogens is 493 g/mol. The van der Waals surface area contributed by atoms with Crippen molar-refractivity contribution in [3.63, 3.8) is 0 Å². The number of halogens is 3. The molecule has 0 radical (unpaired) electrons. The lowest BCUT2D eigenvalue weighted by Crippen LogP contribution is -2.67. The summed E-state index contributed by atoms with van der Waals surface area (Å²) in [5.41, 5.74) is -1.16. The molecule has 3 atom stereocenters. The Hall–Kier alpha value is -3.02. The normalized spacial score (nSPS) is 27.7. The van der Waals surface area contributed by atoms with Gasteiger partial charge in [-0.15, -0.1) is 0 Å². The van der Waals surface area contributed by atoms with Gasteiger partial charge in [0.25, 0.3) is 5.91 Å². The monoisotopic (exact) mass is 526 g/mol. The second-order valence-corrected chi connectivity index (χ2v) is 11.2. The van der Waals surface area contributed by atoms with Crippen LogP contribution in [0.5, 0.6) is 5.75 Å². The van der Waals surface area contributed by atoms with Crippen LogP contribution in [-0.2, 0) is 16.4 Å². The van der Waals surface area contributed by atoms with Gasteiger partial charge in [-0.3, -0.25) is 4.79 Å². The second-order valence-electron chi connectivity index (χ2n) is 11.2. The number of alkyl halides is 3. The molecule has 3 aliphatic rings. The zero-order chi connectivity index (χ0) is 27.1. The number of carbonyl (C=O) groups is 1. The summed E-state index contributed by atoms with van der Waals surface area (Å²) in [5, 5.41) is 22.4. The summed E-state index contributed by atoms with van der Waals surface area (Å²) in [6, 6.07) is 11.3. The molecule has 2 aromatic rings. The Morgan fingerprint density at radius 2 is 1.87 bits per heavy atom. The molecule has 1 amide bonds. The number of hydrogen-bond donors (Lipinski definition) is 2. The number of carbonyl (C=O) groups excluding carboxylic acids is 1. The van der Waals surface area contributed by atoms with Gasteiger partial charge in [-0.2, -0.15) is 13.2 Å². The van der Waals surface area contributed by atoms with Crippen molar-refractivity contribution in [2.75, 3.05) is 26.7 Å². The summed E-state index contributed by atoms with van der Waals surface area (Å²) in [5.74, 6) is 5.71. The molecule has 202 valence electrons. The highest BCUT2D eigenvalue weighted by atomic mass is 19.4. The van der Waals surface area contributed by atoms with Crippen molar-refractivity contribution in [3.05, 3.63) is 65.2 Å². The fraction of sp³-hybridized carbons (Fsp3) is 0.500. The van der Waals surface area contributed by atoms with E-state index in [1.807, 2.05) is 6.07 Å². The molecule has 8 heteroatoms. The highest BCUT2D eigenvalue weighted by Gasteiger charge is 2.58. The average Bonchev–Trinajstić information content (AvgIpc) is 3.70. The largest absolute Gasteiger partial charge is 0.508 e. The van der Waals surface area contributed by atoms with Gasteiger partial charge in [-0.05, 0) is 92.9 Å². The van der Waals surface area contributed by atoms with Crippen LogP contribution in [0.4, 0.5) is 13.2 Å². The van der Waals surface area contributed by atoms with Gasteiger partial charge in [0.2, 0.25) is 0 Å². The van der Waals surface area contributed by atoms with Gasteiger partial charge >= 0.3 is 6.18 Å². The number of hydrogen-bond acceptors (Lipinski definition) is 4. The molecule has 2 aliphatic carbocycles. The smallest absolute Gasteiger partial charge is 0.416 e. The van der Waals surface area contributed by atoms with Crippen LogP contribution < -0.4 is 0 Å². The zero-order valence-electron chi connectivity index (χ0n) is 21.5. The maximum absolute atomic E-state index is 13.0. The Balaban J connectivity index is 1.36. The first-order valence-corrected chi connectivity index (χ1v) is 13.2. The molecule has 5 rings (SSSR count). The fourth-order valence-electron chi connectivity index (χ4n) is 6.31. The van der Waals surface area contributed by atoms with E-state index >= 15 is 0 Å². The highest BCUT2D eigenvalue weighted by molar-refractivity contribution is 5.94. The summed E-state index contributed by atoms with van der Waals surface area (Å²) in [6.07, 6.45) is 0.440. The van der Waals surface area contributed by atoms with Crippen LogP contribution in [0.2, 0.25) is 0 Å². The fourth-order valence-corrected chi connectivity index (χ4v) is 6.31. The quantitative estimate of drug-likeness (QED) is 0.574. The van der Waals surface area contributed by atoms with Crippen LogP contribution in [0.1, 0.15) is 55.2 Å². The Morgan fingerprint density at radius 3 is 2.53 bits per heavy atom. The van der Waals surface area contributed by atoms with Crippen molar-refractivity contribution >= 4 is 5.91 Å². The number of fused-ring (bicyclic) bond motifs is 1. The lowest BCUT2D eigenvalue weighted by molar-refractivity contribution is -0.144. The van der Waals surface area contributed by atoms with E-state index in [4.69, 9.17) is 0 Å². The lowest BCUT2D eigenvalue weighted by Gasteiger charge is -2.59. The summed E-state index contributed by atoms with van der Waals surface area (Å²) in [4.78, 5) is 17.0. The molecule has 0 bridgehead atoms. The van der Waals surface area contributed by atoms with E-state index in [2.05, 4.69) is 16.7 Å². The van der Waals surface area contributed by atoms with E-state index < -0.39 is 28.7 Å². The standard InChI is InChI=1S/C30H33F3N2O3/c1-34(27(37)12-9-21-7-10-23(11-8-21)30(31,32)33)25-13-14-29(38)20-35(19-22-5-6-22)16-15-28(29,18-25)24-3-2-4-26(36)17-24/h2-4,7-8,10-11,17,22,25,36,38H,5-6,13-16,18-20H2,1H3/t25-,28-,29-/m0/s1. The van der Waals surface area contributed by atoms with Crippen LogP contribution in [0.25, 0.3) is 0 Å². The predicted octanol–water partition coefficient (Wildman–Crippen LogP) is 4.56. The molecule has 2 saturated carbocycles. The molecule has 0 aromatic heterocycles. The van der Waals surface area contributed by atoms with Gasteiger partial charge in [-0.25, -0.2) is 0 Å². The number of rotatable bonds is 4. The number of aliphatic hydroxyl groups is 1. The Kier molecular flexibility index (Phi) is 6.95. The van der Waals surface area contributed by atoms with Crippen LogP contribution in [0, 0.1) is 17.8 Å². The van der Waals surface area contributed by atoms with Crippen LogP contribution in [0.3, 0.4) is 0 Å². The minimum absolute atomic E-state index is 0.147. The lowest BCUT2D eigenvalue weighted by atomic mass is 9.55. The van der Waals surface area contributed by atoms with Gasteiger partial charge in [0.05, 0.1) is 11.2 Å². The van der Waals surface area contributed by atoms with Crippen LogP contribution >= 0.6 is 0 Å². The first-order valence-electron chi connectivity index (χ1n) is 13.2. The zero-order valence-corrected chi connectivity index (χ0v) is 21.5. The molecule has 1 heterocycles. The maximum atomic E-state index is 13.0. The average molecular weight is 527 g/mol. The van der Waals surface area contributed by atoms with E-state index in [0.717, 1.165) is 43.1 Å². The van der Waals surface area contributed by atoms with Gasteiger partial charge in [0, 0.05) is 43.1 Å². The molecule has 1 aliphatic heterocycles. The van der Waals surface area contributed by atoms with Crippen LogP contribution in [-0.4, -0.2) is 64.2 Å². The number of piperidine rings is 1. The SMILES string of the molecule is CN(C(=O)C#Cc1ccc(C(F)(F)F)cc1)[C@H]1CC[C@]2(O)CN(CC3CC3)CC[C@@]2(c2cccc(O)c2)C1. The molecule has 38 heavy (non-hydrogen) atoms. The number of benzene rings is 2. The van der Waals surface area contributed by atoms with E-state index in [0.29, 0.717) is 31.4 Å². The molecule has 3 fully saturated rings. The first kappa shape index (κ1) is 26.6. The number of aromatic hydroxyl groups is 1. The van der Waals surface area contributed by atoms with Crippen molar-refractivity contribution in [1.82, 2.24) is 9.80 Å². The molecule has 0 unspecified atom stereocenters. The number of β-amino-alcohol motifs (C(OH)–C–C–N with tert-alkyl or cyclic N) is 1. The minimum atomic E-state index is -4.43. The Morgan fingerprint density at radius 1 is 1.13 bits per heavy atom. The Labute approximate surface area is 221 Å². The highest BCUT2D eigenvalue weighted by Crippen LogP contribution is 2.53. The third kappa shape index (κ3) is 5.27. The number of phenolic OH excluding ortho intramolecular Hbond substituents is 1. The third-order valence-electron chi connectivity index (χ3n) is 8.71. The van der Waals surface area contributed by atoms with Crippen molar-refractivity contribution in [2.45, 2.75) is 61.8 Å². The third-order valence-corrected chi connectivity index (χ3v) is 8.71. The molecule has 0 spiro atoms. The van der Waals surface area contributed by atoms with Crippen molar-refractivity contribution in [2.24, 2.45) is 5.92 Å². The molecule has 2 aromatic carbocycles. The number of phenols is 1. The van der Waals surface area contributed by atoms with Crippen LogP contribution in [0.15, 0.2) is 48.5 Å². The van der Waals surface area contributed by atoms with Gasteiger partial charge < -0.3 is 20.0 Å². The summed E-state index contributed by atoms with van der Waals surface area (Å²) >= 11 is 0. The van der Waals surface area contributed by atoms with Crippen molar-refractivity contribution < 1.29 is 28.2 Å². The van der Waals surface area contributed by atoms with E-state index in [-0.39, 0.29) is 11.8 Å². The summed E-state index contributed by atoms with van der Waals surface area (Å²) in [7, 11) is 1.69. The maximum Gasteiger partial charge on any atom is 0.416 e. The first-order chi connectivity index (χ1) is 18.0. The van der Waals surface area contributed by atoms with E-state index in [9.17, 15) is 28.2 Å². The van der Waals surface area contributed by atoms with Gasteiger partial charge in [0.1, 0.15) is 5.75 Å². The topological polar surface area (TPSA) is 64.0 Å². The van der Waals surface area contributed by atoms with E-state index in [1.165, 1.54) is 25.0 Å².